The number of hydrogen-bond acceptors (Lipinski definition) is 3. The van der Waals surface area contributed by atoms with E-state index in [1.807, 2.05) is 6.92 Å². The molecule has 0 aromatic heterocycles. The lowest BCUT2D eigenvalue weighted by molar-refractivity contribution is -0.163. The molecule has 19 heavy (non-hydrogen) atoms. The first-order valence-electron chi connectivity index (χ1n) is 7.10. The van der Waals surface area contributed by atoms with Crippen LogP contribution in [-0.2, 0) is 14.3 Å². The second kappa shape index (κ2) is 5.49. The Bertz CT molecular complexity index is 370. The van der Waals surface area contributed by atoms with E-state index in [2.05, 4.69) is 13.8 Å². The highest BCUT2D eigenvalue weighted by molar-refractivity contribution is 5.97. The number of amides is 2. The van der Waals surface area contributed by atoms with E-state index >= 15 is 0 Å². The van der Waals surface area contributed by atoms with E-state index in [9.17, 15) is 9.59 Å². The van der Waals surface area contributed by atoms with E-state index in [1.54, 1.807) is 16.9 Å². The Hall–Kier alpha value is -1.10. The summed E-state index contributed by atoms with van der Waals surface area (Å²) in [7, 11) is 1.64. The maximum atomic E-state index is 12.7. The van der Waals surface area contributed by atoms with Crippen molar-refractivity contribution in [3.05, 3.63) is 0 Å². The van der Waals surface area contributed by atoms with Gasteiger partial charge in [0.15, 0.2) is 0 Å². The van der Waals surface area contributed by atoms with Crippen molar-refractivity contribution in [2.75, 3.05) is 20.3 Å². The molecule has 2 rings (SSSR count). The Labute approximate surface area is 114 Å². The summed E-state index contributed by atoms with van der Waals surface area (Å²) in [5.41, 5.74) is 0. The van der Waals surface area contributed by atoms with Crippen molar-refractivity contribution in [2.24, 2.45) is 5.92 Å². The van der Waals surface area contributed by atoms with Crippen molar-refractivity contribution in [3.8, 4) is 0 Å². The SMILES string of the molecule is COCC(C(C)C)N1C(=O)C2CCCN2C(=O)C1C. The van der Waals surface area contributed by atoms with Crippen molar-refractivity contribution in [3.63, 3.8) is 0 Å². The first-order valence-corrected chi connectivity index (χ1v) is 7.10. The highest BCUT2D eigenvalue weighted by Crippen LogP contribution is 2.29. The van der Waals surface area contributed by atoms with Crippen molar-refractivity contribution in [1.29, 1.82) is 0 Å². The van der Waals surface area contributed by atoms with Crippen LogP contribution in [0.1, 0.15) is 33.6 Å². The lowest BCUT2D eigenvalue weighted by Gasteiger charge is -2.45. The minimum absolute atomic E-state index is 0.0285. The topological polar surface area (TPSA) is 49.9 Å². The number of carbonyl (C=O) groups excluding carboxylic acids is 2. The van der Waals surface area contributed by atoms with Gasteiger partial charge in [0.2, 0.25) is 11.8 Å². The van der Waals surface area contributed by atoms with Gasteiger partial charge in [-0.2, -0.15) is 0 Å². The Kier molecular flexibility index (Phi) is 4.13. The molecule has 2 heterocycles. The van der Waals surface area contributed by atoms with E-state index in [0.29, 0.717) is 6.61 Å². The van der Waals surface area contributed by atoms with Gasteiger partial charge in [-0.15, -0.1) is 0 Å². The number of ether oxygens (including phenoxy) is 1. The molecule has 2 aliphatic rings. The lowest BCUT2D eigenvalue weighted by Crippen LogP contribution is -2.65. The largest absolute Gasteiger partial charge is 0.383 e. The monoisotopic (exact) mass is 268 g/mol. The van der Waals surface area contributed by atoms with Crippen molar-refractivity contribution in [1.82, 2.24) is 9.80 Å². The molecule has 2 fully saturated rings. The fourth-order valence-corrected chi connectivity index (χ4v) is 3.22. The summed E-state index contributed by atoms with van der Waals surface area (Å²) in [4.78, 5) is 28.6. The van der Waals surface area contributed by atoms with Crippen LogP contribution in [0.15, 0.2) is 0 Å². The lowest BCUT2D eigenvalue weighted by atomic mass is 9.97. The van der Waals surface area contributed by atoms with E-state index in [4.69, 9.17) is 4.74 Å². The van der Waals surface area contributed by atoms with Gasteiger partial charge in [0.1, 0.15) is 12.1 Å². The average Bonchev–Trinajstić information content (AvgIpc) is 2.84. The highest BCUT2D eigenvalue weighted by Gasteiger charge is 2.48. The van der Waals surface area contributed by atoms with Crippen LogP contribution in [0.2, 0.25) is 0 Å². The van der Waals surface area contributed by atoms with Gasteiger partial charge in [-0.05, 0) is 25.7 Å². The van der Waals surface area contributed by atoms with Crippen molar-refractivity contribution < 1.29 is 14.3 Å². The molecule has 3 unspecified atom stereocenters. The smallest absolute Gasteiger partial charge is 0.246 e. The predicted molar refractivity (Wildman–Crippen MR) is 71.5 cm³/mol. The van der Waals surface area contributed by atoms with Gasteiger partial charge in [0, 0.05) is 13.7 Å². The van der Waals surface area contributed by atoms with Crippen LogP contribution in [0.4, 0.5) is 0 Å². The minimum Gasteiger partial charge on any atom is -0.383 e. The van der Waals surface area contributed by atoms with Gasteiger partial charge >= 0.3 is 0 Å². The molecule has 0 aromatic carbocycles. The summed E-state index contributed by atoms with van der Waals surface area (Å²) in [6.07, 6.45) is 1.73. The summed E-state index contributed by atoms with van der Waals surface area (Å²) >= 11 is 0. The molecule has 2 aliphatic heterocycles. The number of methoxy groups -OCH3 is 1. The zero-order valence-corrected chi connectivity index (χ0v) is 12.3. The number of hydrogen-bond donors (Lipinski definition) is 0. The molecule has 0 bridgehead atoms. The maximum Gasteiger partial charge on any atom is 0.246 e. The third-order valence-electron chi connectivity index (χ3n) is 4.31. The van der Waals surface area contributed by atoms with Gasteiger partial charge in [0.05, 0.1) is 12.6 Å². The molecular formula is C14H24N2O3. The van der Waals surface area contributed by atoms with Crippen LogP contribution in [0.25, 0.3) is 0 Å². The summed E-state index contributed by atoms with van der Waals surface area (Å²) in [6, 6.07) is -0.634. The van der Waals surface area contributed by atoms with Gasteiger partial charge in [-0.1, -0.05) is 13.8 Å². The molecule has 108 valence electrons. The molecule has 5 nitrogen and oxygen atoms in total. The normalized spacial score (nSPS) is 29.1. The Morgan fingerprint density at radius 3 is 2.58 bits per heavy atom. The molecule has 3 atom stereocenters. The molecule has 0 spiro atoms. The third-order valence-corrected chi connectivity index (χ3v) is 4.31. The first-order chi connectivity index (χ1) is 8.99. The second-order valence-electron chi connectivity index (χ2n) is 5.88. The summed E-state index contributed by atoms with van der Waals surface area (Å²) < 4.78 is 5.24. The van der Waals surface area contributed by atoms with Crippen LogP contribution in [0, 0.1) is 5.92 Å². The summed E-state index contributed by atoms with van der Waals surface area (Å²) in [5, 5.41) is 0. The minimum atomic E-state index is -0.371. The van der Waals surface area contributed by atoms with Gasteiger partial charge in [0.25, 0.3) is 0 Å². The molecule has 2 saturated heterocycles. The van der Waals surface area contributed by atoms with Gasteiger partial charge in [-0.25, -0.2) is 0 Å². The molecular weight excluding hydrogens is 244 g/mol. The number of rotatable bonds is 4. The van der Waals surface area contributed by atoms with E-state index in [0.717, 1.165) is 19.4 Å². The summed E-state index contributed by atoms with van der Waals surface area (Å²) in [6.45, 7) is 7.17. The Balaban J connectivity index is 2.27. The standard InChI is InChI=1S/C14H24N2O3/c1-9(2)12(8-19-4)16-10(3)13(17)15-7-5-6-11(15)14(16)18/h9-12H,5-8H2,1-4H3. The molecule has 0 aromatic rings. The molecule has 0 saturated carbocycles. The number of carbonyl (C=O) groups is 2. The highest BCUT2D eigenvalue weighted by atomic mass is 16.5. The van der Waals surface area contributed by atoms with Crippen LogP contribution in [0.5, 0.6) is 0 Å². The zero-order valence-electron chi connectivity index (χ0n) is 12.3. The fraction of sp³-hybridized carbons (Fsp3) is 0.857. The van der Waals surface area contributed by atoms with Gasteiger partial charge < -0.3 is 14.5 Å². The zero-order chi connectivity index (χ0) is 14.2. The van der Waals surface area contributed by atoms with Crippen molar-refractivity contribution >= 4 is 11.8 Å². The van der Waals surface area contributed by atoms with Gasteiger partial charge in [-0.3, -0.25) is 9.59 Å². The quantitative estimate of drug-likeness (QED) is 0.760. The molecule has 0 radical (unpaired) electrons. The number of nitrogens with zero attached hydrogens (tertiary/aromatic N) is 2. The Morgan fingerprint density at radius 1 is 1.32 bits per heavy atom. The Morgan fingerprint density at radius 2 is 2.00 bits per heavy atom. The fourth-order valence-electron chi connectivity index (χ4n) is 3.22. The predicted octanol–water partition coefficient (Wildman–Crippen LogP) is 0.879. The van der Waals surface area contributed by atoms with E-state index in [-0.39, 0.29) is 35.9 Å². The summed E-state index contributed by atoms with van der Waals surface area (Å²) in [5.74, 6) is 0.455. The number of piperazine rings is 1. The van der Waals surface area contributed by atoms with Crippen molar-refractivity contribution in [2.45, 2.75) is 51.7 Å². The van der Waals surface area contributed by atoms with Crippen LogP contribution in [-0.4, -0.2) is 60.0 Å². The third kappa shape index (κ3) is 2.36. The number of fused-ring (bicyclic) bond motifs is 1. The second-order valence-corrected chi connectivity index (χ2v) is 5.88. The maximum absolute atomic E-state index is 12.7. The average molecular weight is 268 g/mol. The molecule has 0 aliphatic carbocycles. The van der Waals surface area contributed by atoms with Crippen LogP contribution >= 0.6 is 0 Å². The van der Waals surface area contributed by atoms with E-state index < -0.39 is 0 Å². The first kappa shape index (κ1) is 14.3. The molecule has 2 amide bonds. The van der Waals surface area contributed by atoms with Crippen LogP contribution in [0.3, 0.4) is 0 Å². The van der Waals surface area contributed by atoms with Crippen LogP contribution < -0.4 is 0 Å². The van der Waals surface area contributed by atoms with E-state index in [1.165, 1.54) is 0 Å². The molecule has 5 heteroatoms. The molecule has 0 N–H and O–H groups in total.